The molecule has 1 fully saturated rings. The van der Waals surface area contributed by atoms with E-state index in [0.29, 0.717) is 5.69 Å². The van der Waals surface area contributed by atoms with Crippen molar-refractivity contribution >= 4 is 35.0 Å². The summed E-state index contributed by atoms with van der Waals surface area (Å²) in [5, 5.41) is 5.36. The zero-order valence-electron chi connectivity index (χ0n) is 16.6. The van der Waals surface area contributed by atoms with E-state index >= 15 is 0 Å². The maximum atomic E-state index is 13.1. The number of piperidine rings is 1. The third-order valence-corrected chi connectivity index (χ3v) is 4.97. The van der Waals surface area contributed by atoms with Crippen LogP contribution < -0.4 is 15.4 Å². The maximum Gasteiger partial charge on any atom is 0.264 e. The molecule has 2 aromatic carbocycles. The van der Waals surface area contributed by atoms with Gasteiger partial charge in [0.25, 0.3) is 11.8 Å². The number of hydrogen-bond donors (Lipinski definition) is 2. The van der Waals surface area contributed by atoms with E-state index in [2.05, 4.69) is 10.6 Å². The van der Waals surface area contributed by atoms with Gasteiger partial charge in [-0.3, -0.25) is 29.4 Å². The van der Waals surface area contributed by atoms with Gasteiger partial charge in [-0.05, 0) is 56.7 Å². The predicted molar refractivity (Wildman–Crippen MR) is 109 cm³/mol. The van der Waals surface area contributed by atoms with Crippen LogP contribution in [0.5, 0.6) is 5.75 Å². The Balaban J connectivity index is 1.60. The van der Waals surface area contributed by atoms with Gasteiger partial charge in [-0.1, -0.05) is 6.07 Å². The first-order chi connectivity index (χ1) is 14.3. The second-order valence-corrected chi connectivity index (χ2v) is 7.49. The van der Waals surface area contributed by atoms with Crippen LogP contribution >= 0.6 is 0 Å². The Labute approximate surface area is 173 Å². The van der Waals surface area contributed by atoms with Gasteiger partial charge in [0.15, 0.2) is 0 Å². The summed E-state index contributed by atoms with van der Waals surface area (Å²) in [5.41, 5.74) is 1.64. The zero-order valence-corrected chi connectivity index (χ0v) is 16.6. The summed E-state index contributed by atoms with van der Waals surface area (Å²) < 4.78 is 5.63. The Kier molecular flexibility index (Phi) is 4.99. The summed E-state index contributed by atoms with van der Waals surface area (Å²) in [6.45, 7) is 3.88. The molecule has 8 nitrogen and oxygen atoms in total. The highest BCUT2D eigenvalue weighted by molar-refractivity contribution is 6.25. The molecule has 0 aliphatic carbocycles. The molecule has 30 heavy (non-hydrogen) atoms. The molecule has 4 amide bonds. The quantitative estimate of drug-likeness (QED) is 0.739. The summed E-state index contributed by atoms with van der Waals surface area (Å²) >= 11 is 0. The van der Waals surface area contributed by atoms with E-state index in [-0.39, 0.29) is 30.1 Å². The standard InChI is InChI=1S/C22H21N3O5/c1-12(2)30-14-8-6-13(7-9-14)23-16-5-3-4-15-19(16)22(29)25(21(15)28)17-10-11-18(26)24-20(17)27/h3-9,12,17,23H,10-11H2,1-2H3,(H,24,26,27). The number of imide groups is 2. The smallest absolute Gasteiger partial charge is 0.264 e. The monoisotopic (exact) mass is 407 g/mol. The van der Waals surface area contributed by atoms with Crippen molar-refractivity contribution in [1.29, 1.82) is 0 Å². The van der Waals surface area contributed by atoms with E-state index < -0.39 is 29.7 Å². The second kappa shape index (κ2) is 7.62. The molecule has 1 saturated heterocycles. The van der Waals surface area contributed by atoms with Crippen molar-refractivity contribution in [3.8, 4) is 5.75 Å². The number of amides is 4. The molecule has 4 rings (SSSR count). The van der Waals surface area contributed by atoms with E-state index in [1.54, 1.807) is 18.2 Å². The first kappa shape index (κ1) is 19.6. The largest absolute Gasteiger partial charge is 0.491 e. The molecule has 0 spiro atoms. The van der Waals surface area contributed by atoms with Crippen molar-refractivity contribution in [2.24, 2.45) is 0 Å². The van der Waals surface area contributed by atoms with Crippen molar-refractivity contribution in [2.45, 2.75) is 38.8 Å². The topological polar surface area (TPSA) is 105 Å². The third-order valence-electron chi connectivity index (χ3n) is 4.97. The molecule has 2 aromatic rings. The number of carbonyl (C=O) groups excluding carboxylic acids is 4. The van der Waals surface area contributed by atoms with E-state index in [0.717, 1.165) is 16.3 Å². The minimum absolute atomic E-state index is 0.0584. The van der Waals surface area contributed by atoms with Gasteiger partial charge in [-0.15, -0.1) is 0 Å². The minimum Gasteiger partial charge on any atom is -0.491 e. The minimum atomic E-state index is -0.990. The van der Waals surface area contributed by atoms with Gasteiger partial charge < -0.3 is 10.1 Å². The molecule has 0 aromatic heterocycles. The second-order valence-electron chi connectivity index (χ2n) is 7.49. The number of nitrogens with one attached hydrogen (secondary N) is 2. The van der Waals surface area contributed by atoms with Gasteiger partial charge in [-0.25, -0.2) is 0 Å². The number of anilines is 2. The molecule has 1 unspecified atom stereocenters. The molecule has 8 heteroatoms. The Morgan fingerprint density at radius 2 is 1.77 bits per heavy atom. The average molecular weight is 407 g/mol. The summed E-state index contributed by atoms with van der Waals surface area (Å²) in [5.74, 6) is -1.39. The fraction of sp³-hybridized carbons (Fsp3) is 0.273. The molecule has 2 N–H and O–H groups in total. The van der Waals surface area contributed by atoms with Crippen LogP contribution in [-0.4, -0.2) is 40.7 Å². The Bertz CT molecular complexity index is 1050. The molecule has 1 atom stereocenters. The van der Waals surface area contributed by atoms with Crippen LogP contribution in [0.25, 0.3) is 0 Å². The number of nitrogens with zero attached hydrogens (tertiary/aromatic N) is 1. The van der Waals surface area contributed by atoms with E-state index in [9.17, 15) is 19.2 Å². The molecule has 0 radical (unpaired) electrons. The fourth-order valence-electron chi connectivity index (χ4n) is 3.66. The van der Waals surface area contributed by atoms with Gasteiger partial charge in [0.2, 0.25) is 11.8 Å². The molecule has 2 aliphatic rings. The number of carbonyl (C=O) groups is 4. The van der Waals surface area contributed by atoms with Crippen LogP contribution in [0.3, 0.4) is 0 Å². The number of benzene rings is 2. The van der Waals surface area contributed by atoms with Crippen molar-refractivity contribution in [3.63, 3.8) is 0 Å². The van der Waals surface area contributed by atoms with Gasteiger partial charge >= 0.3 is 0 Å². The van der Waals surface area contributed by atoms with Gasteiger partial charge in [-0.2, -0.15) is 0 Å². The van der Waals surface area contributed by atoms with Crippen LogP contribution in [0.1, 0.15) is 47.4 Å². The number of fused-ring (bicyclic) bond motifs is 1. The highest BCUT2D eigenvalue weighted by Gasteiger charge is 2.45. The zero-order chi connectivity index (χ0) is 21.4. The molecule has 0 bridgehead atoms. The number of ether oxygens (including phenoxy) is 1. The summed E-state index contributed by atoms with van der Waals surface area (Å²) in [6, 6.07) is 11.2. The molecular formula is C22H21N3O5. The van der Waals surface area contributed by atoms with Crippen molar-refractivity contribution < 1.29 is 23.9 Å². The van der Waals surface area contributed by atoms with Crippen molar-refractivity contribution in [1.82, 2.24) is 10.2 Å². The van der Waals surface area contributed by atoms with E-state index in [1.807, 2.05) is 38.1 Å². The van der Waals surface area contributed by atoms with Crippen LogP contribution in [0.4, 0.5) is 11.4 Å². The molecule has 2 aliphatic heterocycles. The fourth-order valence-corrected chi connectivity index (χ4v) is 3.66. The van der Waals surface area contributed by atoms with Crippen molar-refractivity contribution in [3.05, 3.63) is 53.6 Å². The lowest BCUT2D eigenvalue weighted by Crippen LogP contribution is -2.54. The Hall–Kier alpha value is -3.68. The highest BCUT2D eigenvalue weighted by atomic mass is 16.5. The van der Waals surface area contributed by atoms with Crippen LogP contribution in [-0.2, 0) is 9.59 Å². The van der Waals surface area contributed by atoms with Gasteiger partial charge in [0.05, 0.1) is 22.9 Å². The lowest BCUT2D eigenvalue weighted by Gasteiger charge is -2.27. The van der Waals surface area contributed by atoms with Crippen LogP contribution in [0.2, 0.25) is 0 Å². The molecule has 154 valence electrons. The van der Waals surface area contributed by atoms with Crippen LogP contribution in [0, 0.1) is 0 Å². The summed E-state index contributed by atoms with van der Waals surface area (Å²) in [7, 11) is 0. The first-order valence-electron chi connectivity index (χ1n) is 9.73. The lowest BCUT2D eigenvalue weighted by molar-refractivity contribution is -0.136. The normalized spacial score (nSPS) is 18.5. The van der Waals surface area contributed by atoms with Crippen LogP contribution in [0.15, 0.2) is 42.5 Å². The SMILES string of the molecule is CC(C)Oc1ccc(Nc2cccc3c2C(=O)N(C2CCC(=O)NC2=O)C3=O)cc1. The van der Waals surface area contributed by atoms with E-state index in [1.165, 1.54) is 0 Å². The maximum absolute atomic E-state index is 13.1. The lowest BCUT2D eigenvalue weighted by atomic mass is 10.0. The predicted octanol–water partition coefficient (Wildman–Crippen LogP) is 2.62. The molecular weight excluding hydrogens is 386 g/mol. The molecule has 0 saturated carbocycles. The third kappa shape index (κ3) is 3.52. The summed E-state index contributed by atoms with van der Waals surface area (Å²) in [4.78, 5) is 50.6. The van der Waals surface area contributed by atoms with Crippen molar-refractivity contribution in [2.75, 3.05) is 5.32 Å². The number of rotatable bonds is 5. The highest BCUT2D eigenvalue weighted by Crippen LogP contribution is 2.34. The average Bonchev–Trinajstić information content (AvgIpc) is 2.95. The van der Waals surface area contributed by atoms with E-state index in [4.69, 9.17) is 4.74 Å². The molecule has 2 heterocycles. The van der Waals surface area contributed by atoms with Gasteiger partial charge in [0.1, 0.15) is 11.8 Å². The number of hydrogen-bond acceptors (Lipinski definition) is 6. The Morgan fingerprint density at radius 3 is 2.43 bits per heavy atom. The summed E-state index contributed by atoms with van der Waals surface area (Å²) in [6.07, 6.45) is 0.263. The van der Waals surface area contributed by atoms with Gasteiger partial charge in [0, 0.05) is 12.1 Å². The Morgan fingerprint density at radius 1 is 1.03 bits per heavy atom. The first-order valence-corrected chi connectivity index (χ1v) is 9.73.